The molecule has 0 radical (unpaired) electrons. The van der Waals surface area contributed by atoms with Crippen LogP contribution in [-0.4, -0.2) is 88.4 Å². The minimum atomic E-state index is -0.00835. The minimum Gasteiger partial charge on any atom is -0.385 e. The lowest BCUT2D eigenvalue weighted by Gasteiger charge is -2.34. The summed E-state index contributed by atoms with van der Waals surface area (Å²) in [4.78, 5) is 20.1. The zero-order valence-electron chi connectivity index (χ0n) is 16.6. The minimum absolute atomic E-state index is 0. The smallest absolute Gasteiger partial charge is 0.243 e. The van der Waals surface area contributed by atoms with Gasteiger partial charge in [-0.05, 0) is 26.2 Å². The molecule has 1 heterocycles. The topological polar surface area (TPSA) is 66.4 Å². The van der Waals surface area contributed by atoms with Crippen LogP contribution in [0.3, 0.4) is 0 Å². The third kappa shape index (κ3) is 10.3. The fraction of sp³-hybridized carbons (Fsp3) is 0.778. The van der Waals surface area contributed by atoms with Crippen LogP contribution in [0, 0.1) is 0 Å². The van der Waals surface area contributed by atoms with Gasteiger partial charge < -0.3 is 24.6 Å². The van der Waals surface area contributed by atoms with E-state index in [1.807, 2.05) is 6.92 Å². The Kier molecular flexibility index (Phi) is 13.7. The van der Waals surface area contributed by atoms with Gasteiger partial charge in [-0.1, -0.05) is 12.2 Å². The highest BCUT2D eigenvalue weighted by Gasteiger charge is 2.22. The molecule has 0 unspecified atom stereocenters. The molecule has 0 aliphatic carbocycles. The molecule has 1 aliphatic heterocycles. The van der Waals surface area contributed by atoms with E-state index in [2.05, 4.69) is 21.8 Å². The largest absolute Gasteiger partial charge is 0.385 e. The second kappa shape index (κ2) is 14.2. The van der Waals surface area contributed by atoms with E-state index in [9.17, 15) is 4.79 Å². The van der Waals surface area contributed by atoms with E-state index in [0.29, 0.717) is 12.6 Å². The Labute approximate surface area is 175 Å². The SMILES string of the molecule is C=C(C)CNC(=NCC(=O)N(C)C)N1CCC(OCCCOC)CC1.I. The molecule has 1 aliphatic rings. The maximum absolute atomic E-state index is 11.8. The Morgan fingerprint density at radius 1 is 1.31 bits per heavy atom. The van der Waals surface area contributed by atoms with Crippen LogP contribution in [0.1, 0.15) is 26.2 Å². The summed E-state index contributed by atoms with van der Waals surface area (Å²) in [5, 5.41) is 3.31. The van der Waals surface area contributed by atoms with Gasteiger partial charge in [0, 0.05) is 54.1 Å². The predicted octanol–water partition coefficient (Wildman–Crippen LogP) is 1.73. The van der Waals surface area contributed by atoms with Crippen LogP contribution in [0.5, 0.6) is 0 Å². The first-order valence-electron chi connectivity index (χ1n) is 8.92. The number of nitrogens with zero attached hydrogens (tertiary/aromatic N) is 3. The van der Waals surface area contributed by atoms with Gasteiger partial charge in [0.2, 0.25) is 5.91 Å². The molecule has 152 valence electrons. The number of halogens is 1. The number of nitrogens with one attached hydrogen (secondary N) is 1. The number of ether oxygens (including phenoxy) is 2. The lowest BCUT2D eigenvalue weighted by atomic mass is 10.1. The first-order chi connectivity index (χ1) is 11.9. The molecule has 8 heteroatoms. The molecule has 1 N–H and O–H groups in total. The highest BCUT2D eigenvalue weighted by atomic mass is 127. The Bertz CT molecular complexity index is 450. The van der Waals surface area contributed by atoms with Crippen LogP contribution < -0.4 is 5.32 Å². The summed E-state index contributed by atoms with van der Waals surface area (Å²) in [5.74, 6) is 0.766. The van der Waals surface area contributed by atoms with E-state index in [0.717, 1.165) is 57.1 Å². The first kappa shape index (κ1) is 25.1. The molecule has 0 bridgehead atoms. The number of hydrogen-bond acceptors (Lipinski definition) is 4. The number of aliphatic imine (C=N–C) groups is 1. The highest BCUT2D eigenvalue weighted by Crippen LogP contribution is 2.14. The van der Waals surface area contributed by atoms with E-state index in [1.165, 1.54) is 0 Å². The van der Waals surface area contributed by atoms with Crippen molar-refractivity contribution in [2.45, 2.75) is 32.3 Å². The summed E-state index contributed by atoms with van der Waals surface area (Å²) in [7, 11) is 5.19. The third-order valence-electron chi connectivity index (χ3n) is 4.00. The summed E-state index contributed by atoms with van der Waals surface area (Å²) in [5.41, 5.74) is 1.03. The molecule has 0 aromatic carbocycles. The van der Waals surface area contributed by atoms with E-state index < -0.39 is 0 Å². The summed E-state index contributed by atoms with van der Waals surface area (Å²) in [6.07, 6.45) is 3.14. The average Bonchev–Trinajstić information content (AvgIpc) is 2.59. The van der Waals surface area contributed by atoms with Gasteiger partial charge in [-0.25, -0.2) is 4.99 Å². The van der Waals surface area contributed by atoms with Crippen molar-refractivity contribution < 1.29 is 14.3 Å². The van der Waals surface area contributed by atoms with Crippen molar-refractivity contribution in [2.75, 3.05) is 60.6 Å². The molecule has 1 rings (SSSR count). The molecule has 0 aromatic rings. The standard InChI is InChI=1S/C18H34N4O3.HI/c1-15(2)13-19-18(20-14-17(23)21(3)4)22-9-7-16(8-10-22)25-12-6-11-24-5;/h16H,1,6-14H2,2-5H3,(H,19,20);1H. The summed E-state index contributed by atoms with van der Waals surface area (Å²) < 4.78 is 10.9. The van der Waals surface area contributed by atoms with Gasteiger partial charge in [-0.3, -0.25) is 4.79 Å². The van der Waals surface area contributed by atoms with Crippen molar-refractivity contribution in [2.24, 2.45) is 4.99 Å². The maximum Gasteiger partial charge on any atom is 0.243 e. The molecule has 0 saturated carbocycles. The Hall–Kier alpha value is -0.870. The number of likely N-dealkylation sites (N-methyl/N-ethyl adjacent to an activating group) is 1. The zero-order chi connectivity index (χ0) is 18.7. The van der Waals surface area contributed by atoms with Gasteiger partial charge in [0.1, 0.15) is 6.54 Å². The Balaban J connectivity index is 0.00000625. The summed E-state index contributed by atoms with van der Waals surface area (Å²) >= 11 is 0. The highest BCUT2D eigenvalue weighted by molar-refractivity contribution is 14.0. The molecular weight excluding hydrogens is 447 g/mol. The van der Waals surface area contributed by atoms with Gasteiger partial charge >= 0.3 is 0 Å². The number of hydrogen-bond donors (Lipinski definition) is 1. The van der Waals surface area contributed by atoms with Gasteiger partial charge in [-0.15, -0.1) is 24.0 Å². The lowest BCUT2D eigenvalue weighted by molar-refractivity contribution is -0.127. The first-order valence-corrected chi connectivity index (χ1v) is 8.92. The molecule has 7 nitrogen and oxygen atoms in total. The van der Waals surface area contributed by atoms with Crippen molar-refractivity contribution >= 4 is 35.8 Å². The van der Waals surface area contributed by atoms with Crippen LogP contribution in [0.25, 0.3) is 0 Å². The van der Waals surface area contributed by atoms with Crippen molar-refractivity contribution in [1.82, 2.24) is 15.1 Å². The molecule has 0 spiro atoms. The monoisotopic (exact) mass is 482 g/mol. The summed E-state index contributed by atoms with van der Waals surface area (Å²) in [6.45, 7) is 9.90. The van der Waals surface area contributed by atoms with E-state index in [-0.39, 0.29) is 36.4 Å². The number of guanidine groups is 1. The van der Waals surface area contributed by atoms with Crippen molar-refractivity contribution in [1.29, 1.82) is 0 Å². The fourth-order valence-electron chi connectivity index (χ4n) is 2.47. The Morgan fingerprint density at radius 3 is 2.50 bits per heavy atom. The Morgan fingerprint density at radius 2 is 1.96 bits per heavy atom. The van der Waals surface area contributed by atoms with E-state index >= 15 is 0 Å². The number of carbonyl (C=O) groups excluding carboxylic acids is 1. The molecule has 0 aromatic heterocycles. The van der Waals surface area contributed by atoms with Crippen LogP contribution in [0.15, 0.2) is 17.1 Å². The molecule has 1 amide bonds. The number of piperidine rings is 1. The summed E-state index contributed by atoms with van der Waals surface area (Å²) in [6, 6.07) is 0. The van der Waals surface area contributed by atoms with Gasteiger partial charge in [0.15, 0.2) is 5.96 Å². The van der Waals surface area contributed by atoms with E-state index in [1.54, 1.807) is 26.1 Å². The van der Waals surface area contributed by atoms with Gasteiger partial charge in [0.25, 0.3) is 0 Å². The van der Waals surface area contributed by atoms with Crippen molar-refractivity contribution in [3.63, 3.8) is 0 Å². The van der Waals surface area contributed by atoms with Crippen LogP contribution >= 0.6 is 24.0 Å². The van der Waals surface area contributed by atoms with Crippen LogP contribution in [0.2, 0.25) is 0 Å². The molecular formula is C18H35IN4O3. The molecule has 26 heavy (non-hydrogen) atoms. The van der Waals surface area contributed by atoms with Gasteiger partial charge in [-0.2, -0.15) is 0 Å². The van der Waals surface area contributed by atoms with Crippen LogP contribution in [-0.2, 0) is 14.3 Å². The molecule has 1 fully saturated rings. The normalized spacial score (nSPS) is 15.4. The quantitative estimate of drug-likeness (QED) is 0.178. The van der Waals surface area contributed by atoms with E-state index in [4.69, 9.17) is 9.47 Å². The number of methoxy groups -OCH3 is 1. The zero-order valence-corrected chi connectivity index (χ0v) is 19.0. The second-order valence-electron chi connectivity index (χ2n) is 6.64. The number of likely N-dealkylation sites (tertiary alicyclic amines) is 1. The predicted molar refractivity (Wildman–Crippen MR) is 116 cm³/mol. The number of rotatable bonds is 9. The fourth-order valence-corrected chi connectivity index (χ4v) is 2.47. The maximum atomic E-state index is 11.8. The number of amides is 1. The van der Waals surface area contributed by atoms with Crippen molar-refractivity contribution in [3.05, 3.63) is 12.2 Å². The second-order valence-corrected chi connectivity index (χ2v) is 6.64. The van der Waals surface area contributed by atoms with Crippen molar-refractivity contribution in [3.8, 4) is 0 Å². The number of carbonyl (C=O) groups is 1. The molecule has 1 saturated heterocycles. The lowest BCUT2D eigenvalue weighted by Crippen LogP contribution is -2.47. The molecule has 0 atom stereocenters. The van der Waals surface area contributed by atoms with Crippen LogP contribution in [0.4, 0.5) is 0 Å². The average molecular weight is 482 g/mol. The van der Waals surface area contributed by atoms with Gasteiger partial charge in [0.05, 0.1) is 6.10 Å². The third-order valence-corrected chi connectivity index (χ3v) is 4.00.